The highest BCUT2D eigenvalue weighted by Gasteiger charge is 2.15. The Hall–Kier alpha value is -1.26. The van der Waals surface area contributed by atoms with Gasteiger partial charge in [-0.1, -0.05) is 28.9 Å². The van der Waals surface area contributed by atoms with Crippen molar-refractivity contribution < 1.29 is 4.39 Å². The smallest absolute Gasteiger partial charge is 0.141 e. The van der Waals surface area contributed by atoms with Gasteiger partial charge in [0, 0.05) is 10.7 Å². The third kappa shape index (κ3) is 3.87. The van der Waals surface area contributed by atoms with Crippen molar-refractivity contribution in [2.75, 3.05) is 6.54 Å². The molecule has 0 saturated heterocycles. The molecule has 2 nitrogen and oxygen atoms in total. The molecule has 0 aliphatic rings. The van der Waals surface area contributed by atoms with Gasteiger partial charge in [0.2, 0.25) is 0 Å². The average Bonchev–Trinajstić information content (AvgIpc) is 2.38. The SMILES string of the molecule is CCCNC(c1cncc(F)c1)c1cc(C)cc(Br)c1. The Balaban J connectivity index is 2.41. The van der Waals surface area contributed by atoms with Crippen LogP contribution in [0, 0.1) is 12.7 Å². The van der Waals surface area contributed by atoms with Crippen LogP contribution in [0.25, 0.3) is 0 Å². The third-order valence-electron chi connectivity index (χ3n) is 3.06. The Bertz CT molecular complexity index is 566. The summed E-state index contributed by atoms with van der Waals surface area (Å²) in [6.45, 7) is 5.03. The minimum atomic E-state index is -0.308. The van der Waals surface area contributed by atoms with Crippen molar-refractivity contribution in [2.45, 2.75) is 26.3 Å². The van der Waals surface area contributed by atoms with Crippen LogP contribution in [-0.4, -0.2) is 11.5 Å². The maximum Gasteiger partial charge on any atom is 0.141 e. The molecule has 20 heavy (non-hydrogen) atoms. The van der Waals surface area contributed by atoms with Crippen LogP contribution in [0.15, 0.2) is 41.1 Å². The van der Waals surface area contributed by atoms with E-state index in [1.165, 1.54) is 17.8 Å². The first-order valence-corrected chi connectivity index (χ1v) is 7.50. The van der Waals surface area contributed by atoms with Crippen molar-refractivity contribution in [1.82, 2.24) is 10.3 Å². The molecule has 1 aromatic carbocycles. The Labute approximate surface area is 127 Å². The van der Waals surface area contributed by atoms with E-state index < -0.39 is 0 Å². The van der Waals surface area contributed by atoms with Gasteiger partial charge in [0.15, 0.2) is 0 Å². The molecule has 2 rings (SSSR count). The zero-order valence-corrected chi connectivity index (χ0v) is 13.2. The Morgan fingerprint density at radius 2 is 2.00 bits per heavy atom. The topological polar surface area (TPSA) is 24.9 Å². The second-order valence-electron chi connectivity index (χ2n) is 4.89. The second-order valence-corrected chi connectivity index (χ2v) is 5.80. The van der Waals surface area contributed by atoms with Gasteiger partial charge >= 0.3 is 0 Å². The molecule has 1 atom stereocenters. The van der Waals surface area contributed by atoms with E-state index in [9.17, 15) is 4.39 Å². The predicted octanol–water partition coefficient (Wildman–Crippen LogP) is 4.38. The molecule has 0 fully saturated rings. The Morgan fingerprint density at radius 1 is 1.20 bits per heavy atom. The van der Waals surface area contributed by atoms with E-state index in [0.717, 1.165) is 28.6 Å². The lowest BCUT2D eigenvalue weighted by Crippen LogP contribution is -2.23. The number of nitrogens with zero attached hydrogens (tertiary/aromatic N) is 1. The highest BCUT2D eigenvalue weighted by Crippen LogP contribution is 2.26. The number of hydrogen-bond donors (Lipinski definition) is 1. The van der Waals surface area contributed by atoms with Crippen LogP contribution in [0.5, 0.6) is 0 Å². The first kappa shape index (κ1) is 15.1. The molecule has 0 aliphatic heterocycles. The molecule has 2 aromatic rings. The number of pyridine rings is 1. The van der Waals surface area contributed by atoms with E-state index in [0.29, 0.717) is 0 Å². The summed E-state index contributed by atoms with van der Waals surface area (Å²) < 4.78 is 14.5. The molecule has 0 spiro atoms. The van der Waals surface area contributed by atoms with E-state index >= 15 is 0 Å². The van der Waals surface area contributed by atoms with Crippen molar-refractivity contribution in [2.24, 2.45) is 0 Å². The first-order valence-electron chi connectivity index (χ1n) is 6.71. The minimum absolute atomic E-state index is 0.0469. The van der Waals surface area contributed by atoms with Gasteiger partial charge in [-0.15, -0.1) is 0 Å². The molecule has 106 valence electrons. The zero-order chi connectivity index (χ0) is 14.5. The van der Waals surface area contributed by atoms with E-state index in [4.69, 9.17) is 0 Å². The molecular formula is C16H18BrFN2. The van der Waals surface area contributed by atoms with E-state index in [1.54, 1.807) is 6.20 Å². The molecule has 1 heterocycles. The van der Waals surface area contributed by atoms with Crippen LogP contribution < -0.4 is 5.32 Å². The lowest BCUT2D eigenvalue weighted by atomic mass is 9.98. The minimum Gasteiger partial charge on any atom is -0.306 e. The van der Waals surface area contributed by atoms with Crippen molar-refractivity contribution in [1.29, 1.82) is 0 Å². The molecule has 1 N–H and O–H groups in total. The van der Waals surface area contributed by atoms with Crippen molar-refractivity contribution in [3.63, 3.8) is 0 Å². The van der Waals surface area contributed by atoms with Crippen molar-refractivity contribution in [3.05, 3.63) is 63.6 Å². The Kier molecular flexibility index (Phi) is 5.26. The quantitative estimate of drug-likeness (QED) is 0.876. The van der Waals surface area contributed by atoms with Gasteiger partial charge in [0.25, 0.3) is 0 Å². The second kappa shape index (κ2) is 6.95. The standard InChI is InChI=1S/C16H18BrFN2/c1-3-4-20-16(13-8-15(18)10-19-9-13)12-5-11(2)6-14(17)7-12/h5-10,16,20H,3-4H2,1-2H3. The molecule has 0 saturated carbocycles. The molecule has 1 aromatic heterocycles. The number of nitrogens with one attached hydrogen (secondary N) is 1. The normalized spacial score (nSPS) is 12.4. The average molecular weight is 337 g/mol. The lowest BCUT2D eigenvalue weighted by molar-refractivity contribution is 0.580. The van der Waals surface area contributed by atoms with Crippen molar-refractivity contribution >= 4 is 15.9 Å². The van der Waals surface area contributed by atoms with E-state index in [1.807, 2.05) is 0 Å². The van der Waals surface area contributed by atoms with Gasteiger partial charge in [-0.2, -0.15) is 0 Å². The predicted molar refractivity (Wildman–Crippen MR) is 83.2 cm³/mol. The number of aromatic nitrogens is 1. The lowest BCUT2D eigenvalue weighted by Gasteiger charge is -2.20. The fourth-order valence-electron chi connectivity index (χ4n) is 2.23. The number of hydrogen-bond acceptors (Lipinski definition) is 2. The molecule has 1 unspecified atom stereocenters. The molecule has 0 bridgehead atoms. The summed E-state index contributed by atoms with van der Waals surface area (Å²) in [5.41, 5.74) is 3.12. The van der Waals surface area contributed by atoms with E-state index in [2.05, 4.69) is 58.3 Å². The first-order chi connectivity index (χ1) is 9.60. The highest BCUT2D eigenvalue weighted by molar-refractivity contribution is 9.10. The zero-order valence-electron chi connectivity index (χ0n) is 11.7. The van der Waals surface area contributed by atoms with Gasteiger partial charge in [-0.3, -0.25) is 4.98 Å². The van der Waals surface area contributed by atoms with Crippen LogP contribution in [0.3, 0.4) is 0 Å². The number of benzene rings is 1. The number of aryl methyl sites for hydroxylation is 1. The molecule has 0 aliphatic carbocycles. The molecule has 0 radical (unpaired) electrons. The maximum absolute atomic E-state index is 13.4. The van der Waals surface area contributed by atoms with Crippen LogP contribution in [0.2, 0.25) is 0 Å². The van der Waals surface area contributed by atoms with Gasteiger partial charge in [0.1, 0.15) is 5.82 Å². The van der Waals surface area contributed by atoms with Gasteiger partial charge < -0.3 is 5.32 Å². The summed E-state index contributed by atoms with van der Waals surface area (Å²) in [6.07, 6.45) is 3.96. The van der Waals surface area contributed by atoms with Crippen molar-refractivity contribution in [3.8, 4) is 0 Å². The van der Waals surface area contributed by atoms with Gasteiger partial charge in [0.05, 0.1) is 12.2 Å². The fraction of sp³-hybridized carbons (Fsp3) is 0.312. The highest BCUT2D eigenvalue weighted by atomic mass is 79.9. The summed E-state index contributed by atoms with van der Waals surface area (Å²) in [6, 6.07) is 7.73. The van der Waals surface area contributed by atoms with Crippen LogP contribution in [-0.2, 0) is 0 Å². The fourth-order valence-corrected chi connectivity index (χ4v) is 2.86. The van der Waals surface area contributed by atoms with Crippen LogP contribution >= 0.6 is 15.9 Å². The van der Waals surface area contributed by atoms with Gasteiger partial charge in [-0.05, 0) is 54.8 Å². The van der Waals surface area contributed by atoms with Gasteiger partial charge in [-0.25, -0.2) is 4.39 Å². The summed E-state index contributed by atoms with van der Waals surface area (Å²) in [7, 11) is 0. The summed E-state index contributed by atoms with van der Waals surface area (Å²) in [5.74, 6) is -0.308. The summed E-state index contributed by atoms with van der Waals surface area (Å²) in [4.78, 5) is 3.96. The largest absolute Gasteiger partial charge is 0.306 e. The number of halogens is 2. The monoisotopic (exact) mass is 336 g/mol. The number of rotatable bonds is 5. The van der Waals surface area contributed by atoms with Crippen LogP contribution in [0.1, 0.15) is 36.1 Å². The molecular weight excluding hydrogens is 319 g/mol. The maximum atomic E-state index is 13.4. The molecule has 4 heteroatoms. The Morgan fingerprint density at radius 3 is 2.65 bits per heavy atom. The van der Waals surface area contributed by atoms with Crippen LogP contribution in [0.4, 0.5) is 4.39 Å². The summed E-state index contributed by atoms with van der Waals surface area (Å²) >= 11 is 3.52. The molecule has 0 amide bonds. The summed E-state index contributed by atoms with van der Waals surface area (Å²) in [5, 5.41) is 3.46. The third-order valence-corrected chi connectivity index (χ3v) is 3.51. The van der Waals surface area contributed by atoms with E-state index in [-0.39, 0.29) is 11.9 Å².